The lowest BCUT2D eigenvalue weighted by Crippen LogP contribution is -2.49. The Labute approximate surface area is 107 Å². The molecule has 0 spiro atoms. The van der Waals surface area contributed by atoms with Crippen LogP contribution in [0.5, 0.6) is 0 Å². The summed E-state index contributed by atoms with van der Waals surface area (Å²) in [5, 5.41) is 6.53. The van der Waals surface area contributed by atoms with Crippen LogP contribution in [0.4, 0.5) is 5.82 Å². The molecule has 2 heterocycles. The molecule has 1 aliphatic rings. The van der Waals surface area contributed by atoms with Crippen LogP contribution in [0.25, 0.3) is 0 Å². The number of hydrogen-bond donors (Lipinski definition) is 4. The number of hydrogen-bond acceptors (Lipinski definition) is 5. The lowest BCUT2D eigenvalue weighted by atomic mass is 10.0. The second-order valence-corrected chi connectivity index (χ2v) is 4.73. The Bertz CT molecular complexity index is 389. The summed E-state index contributed by atoms with van der Waals surface area (Å²) in [6.07, 6.45) is 2.70. The van der Waals surface area contributed by atoms with Crippen molar-refractivity contribution in [1.82, 2.24) is 21.0 Å². The van der Waals surface area contributed by atoms with E-state index in [0.717, 1.165) is 19.5 Å². The highest BCUT2D eigenvalue weighted by atomic mass is 16.2. The fourth-order valence-electron chi connectivity index (χ4n) is 1.88. The van der Waals surface area contributed by atoms with Crippen molar-refractivity contribution in [1.29, 1.82) is 0 Å². The van der Waals surface area contributed by atoms with Crippen LogP contribution in [0.1, 0.15) is 13.3 Å². The molecule has 1 aliphatic heterocycles. The van der Waals surface area contributed by atoms with Crippen LogP contribution in [-0.2, 0) is 4.79 Å². The summed E-state index contributed by atoms with van der Waals surface area (Å²) >= 11 is 0. The summed E-state index contributed by atoms with van der Waals surface area (Å²) < 4.78 is 0. The number of aromatic nitrogens is 1. The van der Waals surface area contributed by atoms with Gasteiger partial charge in [-0.2, -0.15) is 0 Å². The van der Waals surface area contributed by atoms with Gasteiger partial charge in [0, 0.05) is 18.3 Å². The largest absolute Gasteiger partial charge is 0.315 e. The van der Waals surface area contributed by atoms with Crippen molar-refractivity contribution in [2.24, 2.45) is 0 Å². The first kappa shape index (κ1) is 12.8. The minimum atomic E-state index is -0.103. The molecule has 0 aromatic carbocycles. The lowest BCUT2D eigenvalue weighted by molar-refractivity contribution is -0.120. The molecule has 1 aromatic rings. The first-order valence-electron chi connectivity index (χ1n) is 6.10. The molecule has 6 heteroatoms. The highest BCUT2D eigenvalue weighted by molar-refractivity contribution is 5.79. The highest BCUT2D eigenvalue weighted by Crippen LogP contribution is 2.12. The van der Waals surface area contributed by atoms with Crippen molar-refractivity contribution in [3.05, 3.63) is 24.4 Å². The number of carbonyl (C=O) groups is 1. The number of carbonyl (C=O) groups excluding carboxylic acids is 1. The third kappa shape index (κ3) is 3.68. The Hall–Kier alpha value is -1.66. The topological polar surface area (TPSA) is 78.1 Å². The zero-order valence-corrected chi connectivity index (χ0v) is 10.5. The molecule has 2 rings (SSSR count). The summed E-state index contributed by atoms with van der Waals surface area (Å²) in [5.74, 6) is 0.522. The SMILES string of the molecule is CC1(NCC(=O)NNc2ccccn2)CCNC1. The van der Waals surface area contributed by atoms with Gasteiger partial charge in [-0.25, -0.2) is 4.98 Å². The Morgan fingerprint density at radius 2 is 2.44 bits per heavy atom. The van der Waals surface area contributed by atoms with Crippen molar-refractivity contribution in [3.63, 3.8) is 0 Å². The number of nitrogens with zero attached hydrogens (tertiary/aromatic N) is 1. The average Bonchev–Trinajstić information content (AvgIpc) is 2.83. The highest BCUT2D eigenvalue weighted by Gasteiger charge is 2.28. The standard InChI is InChI=1S/C12H19N5O/c1-12(5-7-13-9-12)15-8-11(18)17-16-10-4-2-3-6-14-10/h2-4,6,13,15H,5,7-9H2,1H3,(H,14,16)(H,17,18). The van der Waals surface area contributed by atoms with Gasteiger partial charge in [-0.05, 0) is 32.0 Å². The van der Waals surface area contributed by atoms with Gasteiger partial charge in [0.25, 0.3) is 5.91 Å². The molecule has 1 saturated heterocycles. The zero-order valence-electron chi connectivity index (χ0n) is 10.5. The van der Waals surface area contributed by atoms with E-state index in [-0.39, 0.29) is 18.0 Å². The molecule has 1 atom stereocenters. The van der Waals surface area contributed by atoms with Crippen LogP contribution in [0.15, 0.2) is 24.4 Å². The van der Waals surface area contributed by atoms with E-state index in [1.807, 2.05) is 12.1 Å². The van der Waals surface area contributed by atoms with Crippen LogP contribution < -0.4 is 21.5 Å². The predicted octanol–water partition coefficient (Wildman–Crippen LogP) is -0.134. The molecule has 6 nitrogen and oxygen atoms in total. The van der Waals surface area contributed by atoms with Crippen LogP contribution in [0.2, 0.25) is 0 Å². The fourth-order valence-corrected chi connectivity index (χ4v) is 1.88. The van der Waals surface area contributed by atoms with E-state index in [9.17, 15) is 4.79 Å². The molecule has 98 valence electrons. The van der Waals surface area contributed by atoms with Gasteiger partial charge in [0.2, 0.25) is 0 Å². The molecule has 0 aliphatic carbocycles. The van der Waals surface area contributed by atoms with Crippen molar-refractivity contribution >= 4 is 11.7 Å². The summed E-state index contributed by atoms with van der Waals surface area (Å²) in [4.78, 5) is 15.7. The smallest absolute Gasteiger partial charge is 0.252 e. The molecule has 0 saturated carbocycles. The molecule has 1 fully saturated rings. The second-order valence-electron chi connectivity index (χ2n) is 4.73. The van der Waals surface area contributed by atoms with Crippen molar-refractivity contribution in [2.75, 3.05) is 25.1 Å². The Kier molecular flexibility index (Phi) is 4.11. The number of anilines is 1. The van der Waals surface area contributed by atoms with Crippen molar-refractivity contribution in [2.45, 2.75) is 18.9 Å². The Morgan fingerprint density at radius 3 is 3.11 bits per heavy atom. The van der Waals surface area contributed by atoms with Crippen molar-refractivity contribution in [3.8, 4) is 0 Å². The lowest BCUT2D eigenvalue weighted by Gasteiger charge is -2.24. The number of nitrogens with one attached hydrogen (secondary N) is 4. The molecule has 18 heavy (non-hydrogen) atoms. The molecule has 1 aromatic heterocycles. The molecule has 4 N–H and O–H groups in total. The zero-order chi connectivity index (χ0) is 12.8. The van der Waals surface area contributed by atoms with Crippen LogP contribution >= 0.6 is 0 Å². The van der Waals surface area contributed by atoms with Gasteiger partial charge in [-0.1, -0.05) is 6.07 Å². The van der Waals surface area contributed by atoms with E-state index in [2.05, 4.69) is 33.4 Å². The number of rotatable bonds is 5. The molecule has 0 radical (unpaired) electrons. The van der Waals surface area contributed by atoms with E-state index >= 15 is 0 Å². The molecule has 1 unspecified atom stereocenters. The fraction of sp³-hybridized carbons (Fsp3) is 0.500. The van der Waals surface area contributed by atoms with Gasteiger partial charge in [0.1, 0.15) is 5.82 Å². The van der Waals surface area contributed by atoms with E-state index in [1.54, 1.807) is 12.3 Å². The van der Waals surface area contributed by atoms with Gasteiger partial charge in [-0.15, -0.1) is 0 Å². The van der Waals surface area contributed by atoms with E-state index in [4.69, 9.17) is 0 Å². The number of hydrazine groups is 1. The maximum Gasteiger partial charge on any atom is 0.252 e. The van der Waals surface area contributed by atoms with Crippen LogP contribution in [0, 0.1) is 0 Å². The predicted molar refractivity (Wildman–Crippen MR) is 69.9 cm³/mol. The van der Waals surface area contributed by atoms with Gasteiger partial charge in [-0.3, -0.25) is 15.6 Å². The van der Waals surface area contributed by atoms with Gasteiger partial charge < -0.3 is 10.6 Å². The average molecular weight is 249 g/mol. The normalized spacial score (nSPS) is 22.7. The van der Waals surface area contributed by atoms with Crippen molar-refractivity contribution < 1.29 is 4.79 Å². The minimum Gasteiger partial charge on any atom is -0.315 e. The molecular weight excluding hydrogens is 230 g/mol. The molecule has 1 amide bonds. The summed E-state index contributed by atoms with van der Waals surface area (Å²) in [7, 11) is 0. The Morgan fingerprint density at radius 1 is 1.56 bits per heavy atom. The van der Waals surface area contributed by atoms with Gasteiger partial charge in [0.05, 0.1) is 6.54 Å². The first-order valence-corrected chi connectivity index (χ1v) is 6.10. The van der Waals surface area contributed by atoms with E-state index in [1.165, 1.54) is 0 Å². The van der Waals surface area contributed by atoms with Crippen LogP contribution in [-0.4, -0.2) is 36.1 Å². The molecule has 0 bridgehead atoms. The second kappa shape index (κ2) is 5.79. The third-order valence-corrected chi connectivity index (χ3v) is 3.04. The van der Waals surface area contributed by atoms with E-state index < -0.39 is 0 Å². The minimum absolute atomic E-state index is 0.0162. The Balaban J connectivity index is 1.69. The summed E-state index contributed by atoms with van der Waals surface area (Å²) in [6, 6.07) is 5.46. The summed E-state index contributed by atoms with van der Waals surface area (Å²) in [5.41, 5.74) is 5.39. The maximum absolute atomic E-state index is 11.6. The first-order chi connectivity index (χ1) is 8.68. The van der Waals surface area contributed by atoms with E-state index in [0.29, 0.717) is 5.82 Å². The number of amides is 1. The van der Waals surface area contributed by atoms with Crippen LogP contribution in [0.3, 0.4) is 0 Å². The monoisotopic (exact) mass is 249 g/mol. The van der Waals surface area contributed by atoms with Gasteiger partial charge >= 0.3 is 0 Å². The summed E-state index contributed by atoms with van der Waals surface area (Å²) in [6.45, 7) is 4.30. The maximum atomic E-state index is 11.6. The quantitative estimate of drug-likeness (QED) is 0.547. The third-order valence-electron chi connectivity index (χ3n) is 3.04. The molecular formula is C12H19N5O. The number of pyridine rings is 1. The van der Waals surface area contributed by atoms with Gasteiger partial charge in [0.15, 0.2) is 0 Å².